The molecule has 4 aromatic rings. The molecule has 8 nitrogen and oxygen atoms in total. The molecule has 0 spiro atoms. The first kappa shape index (κ1) is 23.7. The van der Waals surface area contributed by atoms with Crippen molar-refractivity contribution in [2.45, 2.75) is 30.7 Å². The molecule has 0 aliphatic carbocycles. The van der Waals surface area contributed by atoms with Gasteiger partial charge in [-0.15, -0.1) is 0 Å². The van der Waals surface area contributed by atoms with Crippen LogP contribution in [0.2, 0.25) is 0 Å². The molecule has 2 N–H and O–H groups in total. The standard InChI is InChI=1S/C24H23N5O3S2/c1-15-12-23(28-21-7-5-4-6-20(15)21)33-14-22(30)27-18-8-10-19(11-9-18)34(31,32)29-24-25-16(2)13-17(3)26-24/h4-13H,14H2,1-3H3,(H,27,30)(H,25,26,29). The molecule has 1 amide bonds. The molecule has 2 aromatic heterocycles. The Morgan fingerprint density at radius 2 is 1.59 bits per heavy atom. The van der Waals surface area contributed by atoms with Crippen molar-refractivity contribution >= 4 is 50.2 Å². The second kappa shape index (κ2) is 9.78. The number of carbonyl (C=O) groups excluding carboxylic acids is 1. The van der Waals surface area contributed by atoms with E-state index in [1.165, 1.54) is 36.0 Å². The molecule has 0 radical (unpaired) electrons. The lowest BCUT2D eigenvalue weighted by Gasteiger charge is -2.10. The Morgan fingerprint density at radius 3 is 2.29 bits per heavy atom. The third-order valence-corrected chi connectivity index (χ3v) is 7.16. The lowest BCUT2D eigenvalue weighted by Crippen LogP contribution is -2.16. The Labute approximate surface area is 202 Å². The van der Waals surface area contributed by atoms with Crippen LogP contribution in [-0.2, 0) is 14.8 Å². The van der Waals surface area contributed by atoms with Crippen molar-refractivity contribution in [3.05, 3.63) is 77.6 Å². The molecule has 0 atom stereocenters. The van der Waals surface area contributed by atoms with Crippen molar-refractivity contribution in [3.63, 3.8) is 0 Å². The molecule has 34 heavy (non-hydrogen) atoms. The third kappa shape index (κ3) is 5.70. The second-order valence-electron chi connectivity index (χ2n) is 7.74. The van der Waals surface area contributed by atoms with Gasteiger partial charge >= 0.3 is 0 Å². The molecule has 0 unspecified atom stereocenters. The van der Waals surface area contributed by atoms with Crippen molar-refractivity contribution in [1.29, 1.82) is 0 Å². The number of amides is 1. The number of fused-ring (bicyclic) bond motifs is 1. The highest BCUT2D eigenvalue weighted by molar-refractivity contribution is 7.99. The smallest absolute Gasteiger partial charge is 0.264 e. The first-order chi connectivity index (χ1) is 16.2. The third-order valence-electron chi connectivity index (χ3n) is 4.91. The minimum absolute atomic E-state index is 0.0180. The largest absolute Gasteiger partial charge is 0.325 e. The number of sulfonamides is 1. The maximum Gasteiger partial charge on any atom is 0.264 e. The first-order valence-corrected chi connectivity index (χ1v) is 12.9. The van der Waals surface area contributed by atoms with E-state index in [-0.39, 0.29) is 22.5 Å². The average Bonchev–Trinajstić information content (AvgIpc) is 2.77. The van der Waals surface area contributed by atoms with Crippen molar-refractivity contribution in [1.82, 2.24) is 15.0 Å². The Morgan fingerprint density at radius 1 is 0.912 bits per heavy atom. The predicted molar refractivity (Wildman–Crippen MR) is 135 cm³/mol. The summed E-state index contributed by atoms with van der Waals surface area (Å²) in [6, 6.07) is 17.5. The number of thioether (sulfide) groups is 1. The van der Waals surface area contributed by atoms with Gasteiger partial charge in [-0.05, 0) is 68.8 Å². The van der Waals surface area contributed by atoms with E-state index >= 15 is 0 Å². The fraction of sp³-hybridized carbons (Fsp3) is 0.167. The first-order valence-electron chi connectivity index (χ1n) is 10.4. The lowest BCUT2D eigenvalue weighted by molar-refractivity contribution is -0.113. The van der Waals surface area contributed by atoms with Crippen molar-refractivity contribution in [2.24, 2.45) is 0 Å². The van der Waals surface area contributed by atoms with Crippen LogP contribution in [0.25, 0.3) is 10.9 Å². The summed E-state index contributed by atoms with van der Waals surface area (Å²) < 4.78 is 27.7. The molecule has 0 saturated heterocycles. The van der Waals surface area contributed by atoms with Crippen LogP contribution in [0.5, 0.6) is 0 Å². The van der Waals surface area contributed by atoms with E-state index in [9.17, 15) is 13.2 Å². The maximum absolute atomic E-state index is 12.6. The van der Waals surface area contributed by atoms with Gasteiger partial charge in [0.1, 0.15) is 0 Å². The Bertz CT molecular complexity index is 1450. The number of hydrogen-bond acceptors (Lipinski definition) is 7. The number of carbonyl (C=O) groups is 1. The Hall–Kier alpha value is -3.50. The number of benzene rings is 2. The highest BCUT2D eigenvalue weighted by atomic mass is 32.2. The maximum atomic E-state index is 12.6. The summed E-state index contributed by atoms with van der Waals surface area (Å²) in [6.45, 7) is 5.55. The molecule has 0 fully saturated rings. The number of hydrogen-bond donors (Lipinski definition) is 2. The van der Waals surface area contributed by atoms with Crippen LogP contribution in [-0.4, -0.2) is 35.0 Å². The number of para-hydroxylation sites is 1. The van der Waals surface area contributed by atoms with Crippen molar-refractivity contribution < 1.29 is 13.2 Å². The molecule has 0 aliphatic heterocycles. The van der Waals surface area contributed by atoms with Gasteiger partial charge in [-0.3, -0.25) is 4.79 Å². The molecule has 4 rings (SSSR count). The van der Waals surface area contributed by atoms with Gasteiger partial charge in [0.2, 0.25) is 11.9 Å². The van der Waals surface area contributed by atoms with E-state index in [1.807, 2.05) is 37.3 Å². The van der Waals surface area contributed by atoms with Gasteiger partial charge in [-0.1, -0.05) is 30.0 Å². The van der Waals surface area contributed by atoms with E-state index in [4.69, 9.17) is 0 Å². The predicted octanol–water partition coefficient (Wildman–Crippen LogP) is 4.48. The zero-order valence-corrected chi connectivity index (χ0v) is 20.5. The van der Waals surface area contributed by atoms with E-state index in [1.54, 1.807) is 19.9 Å². The topological polar surface area (TPSA) is 114 Å². The fourth-order valence-corrected chi connectivity index (χ4v) is 5.12. The number of aryl methyl sites for hydroxylation is 3. The van der Waals surface area contributed by atoms with Crippen LogP contribution in [0.1, 0.15) is 17.0 Å². The number of pyridine rings is 1. The summed E-state index contributed by atoms with van der Waals surface area (Å²) in [6.07, 6.45) is 0. The number of anilines is 2. The molecule has 0 bridgehead atoms. The van der Waals surface area contributed by atoms with Gasteiger partial charge < -0.3 is 5.32 Å². The summed E-state index contributed by atoms with van der Waals surface area (Å²) in [5.41, 5.74) is 3.81. The number of aromatic nitrogens is 3. The zero-order valence-electron chi connectivity index (χ0n) is 18.9. The van der Waals surface area contributed by atoms with Gasteiger partial charge in [0.25, 0.3) is 10.0 Å². The fourth-order valence-electron chi connectivity index (χ4n) is 3.40. The Balaban J connectivity index is 1.38. The van der Waals surface area contributed by atoms with E-state index in [0.29, 0.717) is 17.1 Å². The number of nitrogens with one attached hydrogen (secondary N) is 2. The van der Waals surface area contributed by atoms with Crippen LogP contribution in [0, 0.1) is 20.8 Å². The van der Waals surface area contributed by atoms with E-state index < -0.39 is 10.0 Å². The van der Waals surface area contributed by atoms with Crippen LogP contribution >= 0.6 is 11.8 Å². The van der Waals surface area contributed by atoms with Gasteiger partial charge in [-0.2, -0.15) is 0 Å². The average molecular weight is 494 g/mol. The summed E-state index contributed by atoms with van der Waals surface area (Å²) in [4.78, 5) is 25.3. The van der Waals surface area contributed by atoms with E-state index in [2.05, 4.69) is 25.0 Å². The minimum Gasteiger partial charge on any atom is -0.325 e. The number of rotatable bonds is 7. The lowest BCUT2D eigenvalue weighted by atomic mass is 10.1. The normalized spacial score (nSPS) is 11.4. The highest BCUT2D eigenvalue weighted by Gasteiger charge is 2.16. The molecule has 0 saturated carbocycles. The SMILES string of the molecule is Cc1cc(C)nc(NS(=O)(=O)c2ccc(NC(=O)CSc3cc(C)c4ccccc4n3)cc2)n1. The quantitative estimate of drug-likeness (QED) is 0.365. The van der Waals surface area contributed by atoms with E-state index in [0.717, 1.165) is 21.5 Å². The summed E-state index contributed by atoms with van der Waals surface area (Å²) in [7, 11) is -3.86. The second-order valence-corrected chi connectivity index (χ2v) is 10.4. The summed E-state index contributed by atoms with van der Waals surface area (Å²) in [5, 5.41) is 4.64. The van der Waals surface area contributed by atoms with Crippen LogP contribution in [0.3, 0.4) is 0 Å². The molecular weight excluding hydrogens is 470 g/mol. The van der Waals surface area contributed by atoms with Crippen LogP contribution < -0.4 is 10.0 Å². The minimum atomic E-state index is -3.86. The molecule has 10 heteroatoms. The molecule has 0 aliphatic rings. The van der Waals surface area contributed by atoms with Crippen LogP contribution in [0.15, 0.2) is 70.6 Å². The molecular formula is C24H23N5O3S2. The summed E-state index contributed by atoms with van der Waals surface area (Å²) in [5.74, 6) is -0.0180. The van der Waals surface area contributed by atoms with Crippen molar-refractivity contribution in [3.8, 4) is 0 Å². The van der Waals surface area contributed by atoms with Gasteiger partial charge in [-0.25, -0.2) is 28.1 Å². The van der Waals surface area contributed by atoms with Gasteiger partial charge in [0.05, 0.1) is 21.2 Å². The molecule has 2 aromatic carbocycles. The highest BCUT2D eigenvalue weighted by Crippen LogP contribution is 2.24. The Kier molecular flexibility index (Phi) is 6.80. The number of nitrogens with zero attached hydrogens (tertiary/aromatic N) is 3. The van der Waals surface area contributed by atoms with Crippen LogP contribution in [0.4, 0.5) is 11.6 Å². The van der Waals surface area contributed by atoms with Gasteiger partial charge in [0, 0.05) is 22.5 Å². The van der Waals surface area contributed by atoms with Gasteiger partial charge in [0.15, 0.2) is 0 Å². The summed E-state index contributed by atoms with van der Waals surface area (Å²) >= 11 is 1.34. The zero-order chi connectivity index (χ0) is 24.3. The molecule has 174 valence electrons. The monoisotopic (exact) mass is 493 g/mol. The van der Waals surface area contributed by atoms with Crippen molar-refractivity contribution in [2.75, 3.05) is 15.8 Å². The molecule has 2 heterocycles.